The molecule has 0 saturated heterocycles. The number of nitrogens with one attached hydrogen (secondary N) is 1. The number of hydrogen-bond donors (Lipinski definition) is 2. The monoisotopic (exact) mass is 306 g/mol. The maximum absolute atomic E-state index is 12.3. The Morgan fingerprint density at radius 3 is 2.32 bits per heavy atom. The Labute approximate surface area is 134 Å². The molecule has 1 atom stereocenters. The van der Waals surface area contributed by atoms with Crippen molar-refractivity contribution in [2.24, 2.45) is 5.41 Å². The third-order valence-corrected chi connectivity index (χ3v) is 3.59. The number of rotatable bonds is 7. The number of nitrogens with zero attached hydrogens (tertiary/aromatic N) is 1. The van der Waals surface area contributed by atoms with Crippen molar-refractivity contribution in [2.45, 2.75) is 53.2 Å². The molecule has 0 aliphatic heterocycles. The minimum atomic E-state index is -0.523. The molecule has 1 unspecified atom stereocenters. The first-order chi connectivity index (χ1) is 10.2. The largest absolute Gasteiger partial charge is 0.392 e. The van der Waals surface area contributed by atoms with Gasteiger partial charge < -0.3 is 15.3 Å². The van der Waals surface area contributed by atoms with Gasteiger partial charge in [0.25, 0.3) is 0 Å². The zero-order valence-electron chi connectivity index (χ0n) is 14.5. The van der Waals surface area contributed by atoms with E-state index in [4.69, 9.17) is 0 Å². The maximum atomic E-state index is 12.3. The van der Waals surface area contributed by atoms with E-state index in [1.807, 2.05) is 32.0 Å². The number of carbonyl (C=O) groups excluding carboxylic acids is 1. The molecule has 1 aromatic carbocycles. The summed E-state index contributed by atoms with van der Waals surface area (Å²) in [4.78, 5) is 14.0. The number of urea groups is 1. The Morgan fingerprint density at radius 2 is 1.82 bits per heavy atom. The van der Waals surface area contributed by atoms with Crippen molar-refractivity contribution >= 4 is 6.03 Å². The van der Waals surface area contributed by atoms with E-state index >= 15 is 0 Å². The number of aliphatic hydroxyl groups excluding tert-OH is 1. The molecular weight excluding hydrogens is 276 g/mol. The van der Waals surface area contributed by atoms with Crippen LogP contribution in [0.1, 0.15) is 40.2 Å². The lowest BCUT2D eigenvalue weighted by Gasteiger charge is -2.31. The normalized spacial score (nSPS) is 13.0. The minimum Gasteiger partial charge on any atom is -0.392 e. The van der Waals surface area contributed by atoms with Gasteiger partial charge in [-0.3, -0.25) is 0 Å². The molecule has 0 heterocycles. The minimum absolute atomic E-state index is 0.0233. The van der Waals surface area contributed by atoms with E-state index in [2.05, 4.69) is 31.3 Å². The molecule has 0 radical (unpaired) electrons. The van der Waals surface area contributed by atoms with Crippen LogP contribution >= 0.6 is 0 Å². The second-order valence-electron chi connectivity index (χ2n) is 7.08. The number of aliphatic hydroxyl groups is 1. The van der Waals surface area contributed by atoms with Gasteiger partial charge in [0.2, 0.25) is 0 Å². The fraction of sp³-hybridized carbons (Fsp3) is 0.611. The van der Waals surface area contributed by atoms with Gasteiger partial charge in [-0.2, -0.15) is 0 Å². The SMILES string of the molecule is CC(O)CN(C(=O)NCC(C)(C)Cc1ccccc1)C(C)C. The number of carbonyl (C=O) groups is 1. The summed E-state index contributed by atoms with van der Waals surface area (Å²) in [5, 5.41) is 12.5. The summed E-state index contributed by atoms with van der Waals surface area (Å²) < 4.78 is 0. The van der Waals surface area contributed by atoms with Crippen LogP contribution in [0.3, 0.4) is 0 Å². The number of hydrogen-bond acceptors (Lipinski definition) is 2. The molecule has 1 rings (SSSR count). The molecule has 2 amide bonds. The van der Waals surface area contributed by atoms with Gasteiger partial charge in [-0.05, 0) is 38.2 Å². The second kappa shape index (κ2) is 8.18. The van der Waals surface area contributed by atoms with Crippen LogP contribution in [0.15, 0.2) is 30.3 Å². The molecule has 124 valence electrons. The molecule has 2 N–H and O–H groups in total. The van der Waals surface area contributed by atoms with Crippen LogP contribution in [0, 0.1) is 5.41 Å². The van der Waals surface area contributed by atoms with Crippen LogP contribution in [0.5, 0.6) is 0 Å². The van der Waals surface area contributed by atoms with Crippen molar-refractivity contribution in [1.29, 1.82) is 0 Å². The lowest BCUT2D eigenvalue weighted by Crippen LogP contribution is -2.49. The molecule has 1 aromatic rings. The van der Waals surface area contributed by atoms with Crippen molar-refractivity contribution in [2.75, 3.05) is 13.1 Å². The Bertz CT molecular complexity index is 455. The Balaban J connectivity index is 2.57. The van der Waals surface area contributed by atoms with Gasteiger partial charge in [-0.25, -0.2) is 4.79 Å². The van der Waals surface area contributed by atoms with Crippen LogP contribution in [0.2, 0.25) is 0 Å². The third-order valence-electron chi connectivity index (χ3n) is 3.59. The Kier molecular flexibility index (Phi) is 6.88. The molecule has 0 spiro atoms. The molecule has 0 aliphatic carbocycles. The Morgan fingerprint density at radius 1 is 1.23 bits per heavy atom. The molecular formula is C18H30N2O2. The molecule has 4 nitrogen and oxygen atoms in total. The van der Waals surface area contributed by atoms with Crippen LogP contribution in [-0.4, -0.2) is 41.3 Å². The topological polar surface area (TPSA) is 52.6 Å². The van der Waals surface area contributed by atoms with E-state index < -0.39 is 6.10 Å². The van der Waals surface area contributed by atoms with Gasteiger partial charge in [0.05, 0.1) is 6.10 Å². The van der Waals surface area contributed by atoms with Crippen molar-refractivity contribution in [3.63, 3.8) is 0 Å². The van der Waals surface area contributed by atoms with Gasteiger partial charge in [0.15, 0.2) is 0 Å². The van der Waals surface area contributed by atoms with Crippen molar-refractivity contribution in [3.05, 3.63) is 35.9 Å². The molecule has 4 heteroatoms. The van der Waals surface area contributed by atoms with E-state index in [0.29, 0.717) is 13.1 Å². The molecule has 0 bridgehead atoms. The van der Waals surface area contributed by atoms with Gasteiger partial charge >= 0.3 is 6.03 Å². The average molecular weight is 306 g/mol. The highest BCUT2D eigenvalue weighted by Gasteiger charge is 2.23. The molecule has 0 aliphatic rings. The summed E-state index contributed by atoms with van der Waals surface area (Å²) in [5.74, 6) is 0. The fourth-order valence-corrected chi connectivity index (χ4v) is 2.44. The fourth-order valence-electron chi connectivity index (χ4n) is 2.44. The van der Waals surface area contributed by atoms with Gasteiger partial charge in [-0.15, -0.1) is 0 Å². The summed E-state index contributed by atoms with van der Waals surface area (Å²) in [6, 6.07) is 10.2. The van der Waals surface area contributed by atoms with E-state index in [-0.39, 0.29) is 17.5 Å². The summed E-state index contributed by atoms with van der Waals surface area (Å²) in [6.45, 7) is 10.9. The first-order valence-electron chi connectivity index (χ1n) is 7.98. The summed E-state index contributed by atoms with van der Waals surface area (Å²) in [7, 11) is 0. The summed E-state index contributed by atoms with van der Waals surface area (Å²) in [5.41, 5.74) is 1.25. The van der Waals surface area contributed by atoms with E-state index in [0.717, 1.165) is 6.42 Å². The first-order valence-corrected chi connectivity index (χ1v) is 7.98. The highest BCUT2D eigenvalue weighted by molar-refractivity contribution is 5.74. The zero-order valence-corrected chi connectivity index (χ0v) is 14.5. The predicted octanol–water partition coefficient (Wildman–Crippen LogP) is 3.06. The zero-order chi connectivity index (χ0) is 16.8. The molecule has 0 fully saturated rings. The van der Waals surface area contributed by atoms with E-state index in [1.165, 1.54) is 5.56 Å². The van der Waals surface area contributed by atoms with Crippen LogP contribution in [0.4, 0.5) is 4.79 Å². The molecule has 0 saturated carbocycles. The third kappa shape index (κ3) is 6.48. The molecule has 22 heavy (non-hydrogen) atoms. The predicted molar refractivity (Wildman–Crippen MR) is 90.8 cm³/mol. The van der Waals surface area contributed by atoms with Gasteiger partial charge in [-0.1, -0.05) is 44.2 Å². The second-order valence-corrected chi connectivity index (χ2v) is 7.08. The standard InChI is InChI=1S/C18H30N2O2/c1-14(2)20(12-15(3)21)17(22)19-13-18(4,5)11-16-9-7-6-8-10-16/h6-10,14-15,21H,11-13H2,1-5H3,(H,19,22). The quantitative estimate of drug-likeness (QED) is 0.813. The number of amides is 2. The van der Waals surface area contributed by atoms with Crippen LogP contribution < -0.4 is 5.32 Å². The summed E-state index contributed by atoms with van der Waals surface area (Å²) in [6.07, 6.45) is 0.386. The first kappa shape index (κ1) is 18.5. The average Bonchev–Trinajstić information content (AvgIpc) is 2.42. The smallest absolute Gasteiger partial charge is 0.317 e. The van der Waals surface area contributed by atoms with Crippen LogP contribution in [-0.2, 0) is 6.42 Å². The van der Waals surface area contributed by atoms with E-state index in [9.17, 15) is 9.90 Å². The maximum Gasteiger partial charge on any atom is 0.317 e. The highest BCUT2D eigenvalue weighted by Crippen LogP contribution is 2.20. The van der Waals surface area contributed by atoms with Crippen molar-refractivity contribution in [3.8, 4) is 0 Å². The molecule has 0 aromatic heterocycles. The van der Waals surface area contributed by atoms with Crippen molar-refractivity contribution in [1.82, 2.24) is 10.2 Å². The lowest BCUT2D eigenvalue weighted by molar-refractivity contribution is 0.117. The van der Waals surface area contributed by atoms with Gasteiger partial charge in [0.1, 0.15) is 0 Å². The van der Waals surface area contributed by atoms with Crippen LogP contribution in [0.25, 0.3) is 0 Å². The van der Waals surface area contributed by atoms with E-state index in [1.54, 1.807) is 11.8 Å². The Hall–Kier alpha value is -1.55. The highest BCUT2D eigenvalue weighted by atomic mass is 16.3. The van der Waals surface area contributed by atoms with Crippen molar-refractivity contribution < 1.29 is 9.90 Å². The summed E-state index contributed by atoms with van der Waals surface area (Å²) >= 11 is 0. The lowest BCUT2D eigenvalue weighted by atomic mass is 9.86. The van der Waals surface area contributed by atoms with Gasteiger partial charge in [0, 0.05) is 19.1 Å². The number of benzene rings is 1.